The van der Waals surface area contributed by atoms with E-state index in [9.17, 15) is 4.79 Å². The van der Waals surface area contributed by atoms with E-state index in [4.69, 9.17) is 10.00 Å². The van der Waals surface area contributed by atoms with Crippen molar-refractivity contribution < 1.29 is 9.53 Å². The predicted molar refractivity (Wildman–Crippen MR) is 59.6 cm³/mol. The highest BCUT2D eigenvalue weighted by Gasteiger charge is 2.33. The summed E-state index contributed by atoms with van der Waals surface area (Å²) in [6.07, 6.45) is 1.14. The zero-order valence-electron chi connectivity index (χ0n) is 9.82. The molecule has 1 rings (SSSR count). The van der Waals surface area contributed by atoms with Crippen LogP contribution in [0.5, 0.6) is 0 Å². The summed E-state index contributed by atoms with van der Waals surface area (Å²) in [5, 5.41) is 14.6. The van der Waals surface area contributed by atoms with Crippen LogP contribution in [0.25, 0.3) is 0 Å². The second-order valence-electron chi connectivity index (χ2n) is 4.02. The second-order valence-corrected chi connectivity index (χ2v) is 4.02. The van der Waals surface area contributed by atoms with Gasteiger partial charge >= 0.3 is 0 Å². The molecule has 0 radical (unpaired) electrons. The summed E-state index contributed by atoms with van der Waals surface area (Å²) in [5.74, 6) is -0.156. The third-order valence-electron chi connectivity index (χ3n) is 2.96. The molecule has 1 saturated heterocycles. The number of nitriles is 1. The zero-order chi connectivity index (χ0) is 12.0. The molecule has 5 heteroatoms. The molecular formula is C11H19N3O2. The Morgan fingerprint density at radius 1 is 1.62 bits per heavy atom. The van der Waals surface area contributed by atoms with Crippen molar-refractivity contribution in [3.8, 4) is 6.07 Å². The molecule has 90 valence electrons. The average molecular weight is 225 g/mol. The predicted octanol–water partition coefficient (Wildman–Crippen LogP) is 0.0293. The van der Waals surface area contributed by atoms with E-state index in [1.807, 2.05) is 14.0 Å². The molecule has 0 aromatic carbocycles. The van der Waals surface area contributed by atoms with Crippen molar-refractivity contribution in [1.29, 1.82) is 5.26 Å². The summed E-state index contributed by atoms with van der Waals surface area (Å²) in [5.41, 5.74) is 0. The largest absolute Gasteiger partial charge is 0.379 e. The molecule has 5 nitrogen and oxygen atoms in total. The van der Waals surface area contributed by atoms with Crippen LogP contribution in [-0.2, 0) is 9.53 Å². The van der Waals surface area contributed by atoms with Gasteiger partial charge in [0.05, 0.1) is 31.6 Å². The Bertz CT molecular complexity index is 275. The molecule has 3 atom stereocenters. The highest BCUT2D eigenvalue weighted by atomic mass is 16.5. The maximum Gasteiger partial charge on any atom is 0.227 e. The summed E-state index contributed by atoms with van der Waals surface area (Å²) in [7, 11) is 1.83. The van der Waals surface area contributed by atoms with Gasteiger partial charge in [0, 0.05) is 12.1 Å². The lowest BCUT2D eigenvalue weighted by atomic mass is 10.0. The lowest BCUT2D eigenvalue weighted by Gasteiger charge is -2.20. The van der Waals surface area contributed by atoms with Crippen LogP contribution in [0, 0.1) is 17.2 Å². The Morgan fingerprint density at radius 2 is 2.38 bits per heavy atom. The van der Waals surface area contributed by atoms with Crippen molar-refractivity contribution in [3.63, 3.8) is 0 Å². The molecule has 3 unspecified atom stereocenters. The number of nitrogens with zero attached hydrogens (tertiary/aromatic N) is 1. The summed E-state index contributed by atoms with van der Waals surface area (Å²) in [6, 6.07) is 2.12. The van der Waals surface area contributed by atoms with Crippen molar-refractivity contribution in [2.75, 3.05) is 20.3 Å². The SMILES string of the molecule is CCC(CC#N)NC(=O)C1COCC1NC. The van der Waals surface area contributed by atoms with Crippen molar-refractivity contribution in [3.05, 3.63) is 0 Å². The van der Waals surface area contributed by atoms with Crippen LogP contribution in [0.3, 0.4) is 0 Å². The molecule has 1 heterocycles. The Kier molecular flexibility index (Phi) is 5.23. The quantitative estimate of drug-likeness (QED) is 0.692. The Balaban J connectivity index is 2.47. The first-order valence-corrected chi connectivity index (χ1v) is 5.65. The van der Waals surface area contributed by atoms with Crippen LogP contribution in [0.1, 0.15) is 19.8 Å². The number of carbonyl (C=O) groups is 1. The van der Waals surface area contributed by atoms with E-state index in [2.05, 4.69) is 16.7 Å². The number of hydrogen-bond acceptors (Lipinski definition) is 4. The fourth-order valence-electron chi connectivity index (χ4n) is 1.81. The van der Waals surface area contributed by atoms with Crippen molar-refractivity contribution in [2.45, 2.75) is 31.8 Å². The molecule has 0 aromatic rings. The lowest BCUT2D eigenvalue weighted by molar-refractivity contribution is -0.126. The second kappa shape index (κ2) is 6.46. The van der Waals surface area contributed by atoms with Gasteiger partial charge in [0.25, 0.3) is 0 Å². The number of ether oxygens (including phenoxy) is 1. The molecule has 0 aliphatic carbocycles. The van der Waals surface area contributed by atoms with E-state index in [0.29, 0.717) is 19.6 Å². The van der Waals surface area contributed by atoms with E-state index in [1.165, 1.54) is 0 Å². The topological polar surface area (TPSA) is 74.2 Å². The van der Waals surface area contributed by atoms with Crippen LogP contribution in [-0.4, -0.2) is 38.3 Å². The molecule has 1 aliphatic rings. The fraction of sp³-hybridized carbons (Fsp3) is 0.818. The van der Waals surface area contributed by atoms with Crippen LogP contribution in [0.2, 0.25) is 0 Å². The lowest BCUT2D eigenvalue weighted by Crippen LogP contribution is -2.45. The van der Waals surface area contributed by atoms with Crippen molar-refractivity contribution >= 4 is 5.91 Å². The Morgan fingerprint density at radius 3 is 2.94 bits per heavy atom. The van der Waals surface area contributed by atoms with Crippen LogP contribution >= 0.6 is 0 Å². The summed E-state index contributed by atoms with van der Waals surface area (Å²) in [6.45, 7) is 2.99. The van der Waals surface area contributed by atoms with Gasteiger partial charge in [0.1, 0.15) is 0 Å². The number of nitrogens with one attached hydrogen (secondary N) is 2. The number of carbonyl (C=O) groups excluding carboxylic acids is 1. The van der Waals surface area contributed by atoms with Gasteiger partial charge in [-0.15, -0.1) is 0 Å². The molecule has 1 aliphatic heterocycles. The molecule has 0 saturated carbocycles. The van der Waals surface area contributed by atoms with Gasteiger partial charge in [-0.2, -0.15) is 5.26 Å². The van der Waals surface area contributed by atoms with Crippen LogP contribution in [0.15, 0.2) is 0 Å². The van der Waals surface area contributed by atoms with Gasteiger partial charge in [-0.05, 0) is 13.5 Å². The summed E-state index contributed by atoms with van der Waals surface area (Å²) in [4.78, 5) is 11.9. The molecule has 1 fully saturated rings. The molecule has 0 aromatic heterocycles. The minimum atomic E-state index is -0.141. The molecular weight excluding hydrogens is 206 g/mol. The van der Waals surface area contributed by atoms with Gasteiger partial charge in [-0.25, -0.2) is 0 Å². The first-order valence-electron chi connectivity index (χ1n) is 5.65. The minimum absolute atomic E-state index is 0.0149. The van der Waals surface area contributed by atoms with E-state index in [1.54, 1.807) is 0 Å². The van der Waals surface area contributed by atoms with Gasteiger partial charge < -0.3 is 15.4 Å². The Labute approximate surface area is 96.2 Å². The number of hydrogen-bond donors (Lipinski definition) is 2. The normalized spacial score (nSPS) is 26.1. The fourth-order valence-corrected chi connectivity index (χ4v) is 1.81. The van der Waals surface area contributed by atoms with E-state index < -0.39 is 0 Å². The summed E-state index contributed by atoms with van der Waals surface area (Å²) >= 11 is 0. The van der Waals surface area contributed by atoms with E-state index >= 15 is 0 Å². The van der Waals surface area contributed by atoms with Gasteiger partial charge in [0.15, 0.2) is 0 Å². The molecule has 16 heavy (non-hydrogen) atoms. The van der Waals surface area contributed by atoms with E-state index in [-0.39, 0.29) is 23.9 Å². The molecule has 0 bridgehead atoms. The average Bonchev–Trinajstić information content (AvgIpc) is 2.76. The number of amides is 1. The Hall–Kier alpha value is -1.12. The smallest absolute Gasteiger partial charge is 0.227 e. The number of rotatable bonds is 5. The van der Waals surface area contributed by atoms with Crippen LogP contribution < -0.4 is 10.6 Å². The maximum absolute atomic E-state index is 11.9. The molecule has 0 spiro atoms. The monoisotopic (exact) mass is 225 g/mol. The van der Waals surface area contributed by atoms with Crippen molar-refractivity contribution in [2.24, 2.45) is 5.92 Å². The molecule has 2 N–H and O–H groups in total. The highest BCUT2D eigenvalue weighted by molar-refractivity contribution is 5.80. The first-order chi connectivity index (χ1) is 7.72. The van der Waals surface area contributed by atoms with Crippen LogP contribution in [0.4, 0.5) is 0 Å². The summed E-state index contributed by atoms with van der Waals surface area (Å²) < 4.78 is 5.27. The van der Waals surface area contributed by atoms with Gasteiger partial charge in [-0.1, -0.05) is 6.92 Å². The maximum atomic E-state index is 11.9. The standard InChI is InChI=1S/C11H19N3O2/c1-3-8(4-5-12)14-11(15)9-6-16-7-10(9)13-2/h8-10,13H,3-4,6-7H2,1-2H3,(H,14,15). The zero-order valence-corrected chi connectivity index (χ0v) is 9.82. The first kappa shape index (κ1) is 12.9. The number of likely N-dealkylation sites (N-methyl/N-ethyl adjacent to an activating group) is 1. The van der Waals surface area contributed by atoms with Gasteiger partial charge in [0.2, 0.25) is 5.91 Å². The minimum Gasteiger partial charge on any atom is -0.379 e. The third kappa shape index (κ3) is 3.19. The van der Waals surface area contributed by atoms with Crippen molar-refractivity contribution in [1.82, 2.24) is 10.6 Å². The third-order valence-corrected chi connectivity index (χ3v) is 2.96. The molecule has 1 amide bonds. The van der Waals surface area contributed by atoms with E-state index in [0.717, 1.165) is 6.42 Å². The highest BCUT2D eigenvalue weighted by Crippen LogP contribution is 2.14. The van der Waals surface area contributed by atoms with Gasteiger partial charge in [-0.3, -0.25) is 4.79 Å².